The number of carboxylic acid groups (broad SMARTS) is 1. The lowest BCUT2D eigenvalue weighted by Crippen LogP contribution is -2.47. The fraction of sp³-hybridized carbons (Fsp3) is 0.541. The molecular formula is C37H52O3. The third-order valence-corrected chi connectivity index (χ3v) is 9.69. The largest absolute Gasteiger partial charge is 0.511 e. The molecule has 0 fully saturated rings. The first-order valence-electron chi connectivity index (χ1n) is 14.9. The molecule has 1 aliphatic rings. The number of benzene rings is 2. The number of rotatable bonds is 7. The van der Waals surface area contributed by atoms with Crippen LogP contribution in [0.4, 0.5) is 0 Å². The molecule has 2 atom stereocenters. The van der Waals surface area contributed by atoms with Gasteiger partial charge in [-0.1, -0.05) is 138 Å². The zero-order valence-electron chi connectivity index (χ0n) is 27.0. The van der Waals surface area contributed by atoms with Crippen molar-refractivity contribution in [2.75, 3.05) is 0 Å². The standard InChI is InChI=1S/C37H52O3/c1-13-35(9,10)26-20-16-15-19-24(26)29-25(32(39)40)23-37(34(6,7)8,31(38)30(29)33(3,4)5)28-22-18-17-21-27(28)36(11,12)14-2/h15-23,29,38H,13-14H2,1-12H3,(H,39,40). The van der Waals surface area contributed by atoms with E-state index in [4.69, 9.17) is 0 Å². The predicted molar refractivity (Wildman–Crippen MR) is 168 cm³/mol. The molecule has 40 heavy (non-hydrogen) atoms. The molecule has 2 aromatic carbocycles. The van der Waals surface area contributed by atoms with Crippen molar-refractivity contribution in [2.45, 2.75) is 118 Å². The first-order chi connectivity index (χ1) is 18.3. The van der Waals surface area contributed by atoms with Gasteiger partial charge in [-0.2, -0.15) is 0 Å². The monoisotopic (exact) mass is 544 g/mol. The van der Waals surface area contributed by atoms with E-state index in [0.29, 0.717) is 5.57 Å². The molecule has 0 bridgehead atoms. The summed E-state index contributed by atoms with van der Waals surface area (Å²) >= 11 is 0. The van der Waals surface area contributed by atoms with Crippen LogP contribution in [0.25, 0.3) is 0 Å². The number of carboxylic acids is 1. The zero-order chi connectivity index (χ0) is 30.5. The highest BCUT2D eigenvalue weighted by atomic mass is 16.4. The summed E-state index contributed by atoms with van der Waals surface area (Å²) in [7, 11) is 0. The summed E-state index contributed by atoms with van der Waals surface area (Å²) in [4.78, 5) is 13.4. The topological polar surface area (TPSA) is 57.5 Å². The highest BCUT2D eigenvalue weighted by molar-refractivity contribution is 5.91. The Morgan fingerprint density at radius 3 is 1.73 bits per heavy atom. The Morgan fingerprint density at radius 1 is 0.775 bits per heavy atom. The van der Waals surface area contributed by atoms with Crippen molar-refractivity contribution in [3.63, 3.8) is 0 Å². The van der Waals surface area contributed by atoms with Crippen molar-refractivity contribution in [3.05, 3.63) is 93.8 Å². The third kappa shape index (κ3) is 5.17. The fourth-order valence-electron chi connectivity index (χ4n) is 6.53. The van der Waals surface area contributed by atoms with E-state index in [1.54, 1.807) is 0 Å². The van der Waals surface area contributed by atoms with Gasteiger partial charge in [-0.25, -0.2) is 4.79 Å². The molecule has 2 N–H and O–H groups in total. The molecule has 0 spiro atoms. The van der Waals surface area contributed by atoms with Crippen LogP contribution in [0.5, 0.6) is 0 Å². The van der Waals surface area contributed by atoms with Crippen LogP contribution in [0.1, 0.15) is 124 Å². The lowest BCUT2D eigenvalue weighted by Gasteiger charge is -2.51. The second kappa shape index (κ2) is 10.5. The summed E-state index contributed by atoms with van der Waals surface area (Å²) in [6, 6.07) is 16.5. The van der Waals surface area contributed by atoms with Crippen LogP contribution >= 0.6 is 0 Å². The van der Waals surface area contributed by atoms with Crippen LogP contribution in [-0.2, 0) is 21.0 Å². The van der Waals surface area contributed by atoms with E-state index in [9.17, 15) is 15.0 Å². The third-order valence-electron chi connectivity index (χ3n) is 9.69. The van der Waals surface area contributed by atoms with Gasteiger partial charge >= 0.3 is 5.97 Å². The van der Waals surface area contributed by atoms with Gasteiger partial charge in [0.1, 0.15) is 5.76 Å². The second-order valence-corrected chi connectivity index (χ2v) is 15.0. The van der Waals surface area contributed by atoms with E-state index in [0.717, 1.165) is 40.7 Å². The number of aliphatic hydroxyl groups is 1. The number of aliphatic hydroxyl groups excluding tert-OH is 1. The normalized spacial score (nSPS) is 20.9. The Bertz CT molecular complexity index is 1320. The summed E-state index contributed by atoms with van der Waals surface area (Å²) < 4.78 is 0. The van der Waals surface area contributed by atoms with Crippen LogP contribution in [-0.4, -0.2) is 16.2 Å². The van der Waals surface area contributed by atoms with E-state index >= 15 is 0 Å². The predicted octanol–water partition coefficient (Wildman–Crippen LogP) is 10.0. The van der Waals surface area contributed by atoms with Crippen LogP contribution < -0.4 is 0 Å². The summed E-state index contributed by atoms with van der Waals surface area (Å²) in [5, 5.41) is 23.7. The maximum absolute atomic E-state index is 13.4. The van der Waals surface area contributed by atoms with Crippen molar-refractivity contribution >= 4 is 5.97 Å². The maximum atomic E-state index is 13.4. The molecule has 1 aliphatic carbocycles. The van der Waals surface area contributed by atoms with Crippen LogP contribution in [0, 0.1) is 10.8 Å². The Balaban J connectivity index is 2.61. The van der Waals surface area contributed by atoms with Gasteiger partial charge in [0.05, 0.1) is 5.41 Å². The molecule has 2 unspecified atom stereocenters. The minimum absolute atomic E-state index is 0.158. The molecular weight excluding hydrogens is 492 g/mol. The van der Waals surface area contributed by atoms with Crippen LogP contribution in [0.2, 0.25) is 0 Å². The Kier molecular flexibility index (Phi) is 8.36. The van der Waals surface area contributed by atoms with Gasteiger partial charge < -0.3 is 10.2 Å². The van der Waals surface area contributed by atoms with Crippen LogP contribution in [0.3, 0.4) is 0 Å². The Hall–Kier alpha value is -2.81. The molecule has 0 aliphatic heterocycles. The molecule has 3 heteroatoms. The number of hydrogen-bond acceptors (Lipinski definition) is 2. The van der Waals surface area contributed by atoms with Crippen molar-refractivity contribution in [2.24, 2.45) is 10.8 Å². The van der Waals surface area contributed by atoms with Gasteiger partial charge in [-0.3, -0.25) is 0 Å². The summed E-state index contributed by atoms with van der Waals surface area (Å²) in [6.07, 6.45) is 3.73. The summed E-state index contributed by atoms with van der Waals surface area (Å²) in [5.74, 6) is -1.23. The van der Waals surface area contributed by atoms with Gasteiger partial charge in [0.15, 0.2) is 0 Å². The quantitative estimate of drug-likeness (QED) is 0.364. The first kappa shape index (κ1) is 31.7. The SMILES string of the molecule is CCC(C)(C)c1ccccc1C1C(C(=O)O)=CC(c2ccccc2C(C)(C)CC)(C(C)(C)C)C(O)=C1C(C)(C)C. The van der Waals surface area contributed by atoms with Crippen molar-refractivity contribution in [3.8, 4) is 0 Å². The maximum Gasteiger partial charge on any atom is 0.332 e. The molecule has 2 aromatic rings. The molecule has 0 saturated heterocycles. The van der Waals surface area contributed by atoms with Gasteiger partial charge in [0.2, 0.25) is 0 Å². The van der Waals surface area contributed by atoms with Gasteiger partial charge in [-0.15, -0.1) is 0 Å². The molecule has 0 saturated carbocycles. The van der Waals surface area contributed by atoms with E-state index in [2.05, 4.69) is 113 Å². The number of hydrogen-bond donors (Lipinski definition) is 2. The smallest absolute Gasteiger partial charge is 0.332 e. The van der Waals surface area contributed by atoms with E-state index < -0.39 is 28.1 Å². The Labute approximate surface area is 243 Å². The average molecular weight is 545 g/mol. The van der Waals surface area contributed by atoms with E-state index in [1.165, 1.54) is 0 Å². The molecule has 0 radical (unpaired) electrons. The van der Waals surface area contributed by atoms with Crippen LogP contribution in [0.15, 0.2) is 71.5 Å². The molecule has 0 aromatic heterocycles. The van der Waals surface area contributed by atoms with Gasteiger partial charge in [-0.05, 0) is 62.3 Å². The molecule has 3 nitrogen and oxygen atoms in total. The summed E-state index contributed by atoms with van der Waals surface area (Å²) in [6.45, 7) is 25.9. The van der Waals surface area contributed by atoms with E-state index in [1.807, 2.05) is 24.3 Å². The van der Waals surface area contributed by atoms with Gasteiger partial charge in [0.25, 0.3) is 0 Å². The Morgan fingerprint density at radius 2 is 1.25 bits per heavy atom. The second-order valence-electron chi connectivity index (χ2n) is 15.0. The van der Waals surface area contributed by atoms with E-state index in [-0.39, 0.29) is 16.6 Å². The zero-order valence-corrected chi connectivity index (χ0v) is 27.0. The fourth-order valence-corrected chi connectivity index (χ4v) is 6.53. The highest BCUT2D eigenvalue weighted by Gasteiger charge is 2.55. The minimum Gasteiger partial charge on any atom is -0.511 e. The molecule has 218 valence electrons. The van der Waals surface area contributed by atoms with Crippen molar-refractivity contribution in [1.29, 1.82) is 0 Å². The summed E-state index contributed by atoms with van der Waals surface area (Å²) in [5.41, 5.74) is 2.94. The van der Waals surface area contributed by atoms with Crippen molar-refractivity contribution in [1.82, 2.24) is 0 Å². The minimum atomic E-state index is -1.03. The lowest BCUT2D eigenvalue weighted by atomic mass is 9.52. The number of allylic oxidation sites excluding steroid dienone is 2. The number of aliphatic carboxylic acids is 1. The van der Waals surface area contributed by atoms with Crippen molar-refractivity contribution < 1.29 is 15.0 Å². The van der Waals surface area contributed by atoms with Gasteiger partial charge in [0, 0.05) is 11.5 Å². The number of carbonyl (C=O) groups is 1. The molecule has 0 amide bonds. The molecule has 0 heterocycles. The average Bonchev–Trinajstić information content (AvgIpc) is 2.86. The highest BCUT2D eigenvalue weighted by Crippen LogP contribution is 2.60. The first-order valence-corrected chi connectivity index (χ1v) is 14.9. The lowest BCUT2D eigenvalue weighted by molar-refractivity contribution is -0.133. The molecule has 3 rings (SSSR count).